The third-order valence-corrected chi connectivity index (χ3v) is 3.72. The number of benzene rings is 1. The summed E-state index contributed by atoms with van der Waals surface area (Å²) in [7, 11) is 0. The Labute approximate surface area is 109 Å². The van der Waals surface area contributed by atoms with Crippen molar-refractivity contribution in [3.05, 3.63) is 64.5 Å². The molecule has 90 valence electrons. The van der Waals surface area contributed by atoms with Gasteiger partial charge in [-0.05, 0) is 28.5 Å². The molecule has 3 N–H and O–H groups in total. The van der Waals surface area contributed by atoms with E-state index in [0.29, 0.717) is 0 Å². The van der Waals surface area contributed by atoms with Gasteiger partial charge in [-0.3, -0.25) is 10.8 Å². The van der Waals surface area contributed by atoms with E-state index in [1.54, 1.807) is 11.3 Å². The van der Waals surface area contributed by atoms with Gasteiger partial charge in [0, 0.05) is 17.1 Å². The smallest absolute Gasteiger partial charge is 0.0753 e. The number of aromatic nitrogens is 1. The third-order valence-electron chi connectivity index (χ3n) is 3.02. The van der Waals surface area contributed by atoms with Crippen LogP contribution in [0.4, 0.5) is 0 Å². The van der Waals surface area contributed by atoms with Gasteiger partial charge < -0.3 is 0 Å². The van der Waals surface area contributed by atoms with E-state index in [4.69, 9.17) is 5.84 Å². The zero-order chi connectivity index (χ0) is 12.4. The van der Waals surface area contributed by atoms with Crippen LogP contribution >= 0.6 is 11.3 Å². The summed E-state index contributed by atoms with van der Waals surface area (Å²) in [4.78, 5) is 4.47. The number of para-hydroxylation sites is 1. The molecule has 0 aliphatic rings. The molecule has 1 atom stereocenters. The topological polar surface area (TPSA) is 50.9 Å². The molecule has 3 aromatic rings. The van der Waals surface area contributed by atoms with Crippen molar-refractivity contribution in [2.75, 3.05) is 0 Å². The summed E-state index contributed by atoms with van der Waals surface area (Å²) in [6.07, 6.45) is 1.81. The van der Waals surface area contributed by atoms with Gasteiger partial charge in [0.15, 0.2) is 0 Å². The average molecular weight is 255 g/mol. The van der Waals surface area contributed by atoms with Crippen LogP contribution < -0.4 is 11.3 Å². The molecule has 0 spiro atoms. The number of pyridine rings is 1. The molecule has 18 heavy (non-hydrogen) atoms. The second kappa shape index (κ2) is 4.86. The van der Waals surface area contributed by atoms with Crippen molar-refractivity contribution >= 4 is 22.2 Å². The van der Waals surface area contributed by atoms with Gasteiger partial charge in [0.2, 0.25) is 0 Å². The lowest BCUT2D eigenvalue weighted by molar-refractivity contribution is 0.642. The van der Waals surface area contributed by atoms with E-state index in [9.17, 15) is 0 Å². The van der Waals surface area contributed by atoms with Crippen LogP contribution in [0.5, 0.6) is 0 Å². The first kappa shape index (κ1) is 11.3. The van der Waals surface area contributed by atoms with Crippen molar-refractivity contribution < 1.29 is 0 Å². The number of nitrogens with zero attached hydrogens (tertiary/aromatic N) is 1. The highest BCUT2D eigenvalue weighted by atomic mass is 32.1. The maximum atomic E-state index is 5.71. The Morgan fingerprint density at radius 1 is 1.17 bits per heavy atom. The summed E-state index contributed by atoms with van der Waals surface area (Å²) in [5.74, 6) is 5.71. The molecular formula is C14H13N3S. The predicted octanol–water partition coefficient (Wildman–Crippen LogP) is 2.85. The average Bonchev–Trinajstić information content (AvgIpc) is 2.94. The predicted molar refractivity (Wildman–Crippen MR) is 75.2 cm³/mol. The third kappa shape index (κ3) is 1.90. The lowest BCUT2D eigenvalue weighted by Gasteiger charge is -2.16. The van der Waals surface area contributed by atoms with Crippen molar-refractivity contribution in [1.29, 1.82) is 0 Å². The molecule has 0 aliphatic carbocycles. The van der Waals surface area contributed by atoms with Gasteiger partial charge in [-0.2, -0.15) is 11.3 Å². The number of hydrogen-bond acceptors (Lipinski definition) is 4. The molecule has 0 radical (unpaired) electrons. The summed E-state index contributed by atoms with van der Waals surface area (Å²) in [6.45, 7) is 0. The van der Waals surface area contributed by atoms with Crippen LogP contribution in [0.3, 0.4) is 0 Å². The summed E-state index contributed by atoms with van der Waals surface area (Å²) >= 11 is 1.67. The number of rotatable bonds is 3. The van der Waals surface area contributed by atoms with Crippen LogP contribution in [0.1, 0.15) is 17.2 Å². The molecule has 1 unspecified atom stereocenters. The number of nitrogens with one attached hydrogen (secondary N) is 1. The Morgan fingerprint density at radius 3 is 2.83 bits per heavy atom. The molecule has 2 aromatic heterocycles. The molecule has 0 saturated heterocycles. The monoisotopic (exact) mass is 255 g/mol. The van der Waals surface area contributed by atoms with Gasteiger partial charge in [-0.15, -0.1) is 0 Å². The van der Waals surface area contributed by atoms with Gasteiger partial charge in [-0.1, -0.05) is 24.3 Å². The lowest BCUT2D eigenvalue weighted by atomic mass is 9.99. The van der Waals surface area contributed by atoms with Crippen molar-refractivity contribution in [3.63, 3.8) is 0 Å². The number of thiophene rings is 1. The van der Waals surface area contributed by atoms with Gasteiger partial charge in [0.05, 0.1) is 11.6 Å². The Balaban J connectivity index is 2.18. The maximum Gasteiger partial charge on any atom is 0.0753 e. The van der Waals surface area contributed by atoms with E-state index in [2.05, 4.69) is 45.4 Å². The summed E-state index contributed by atoms with van der Waals surface area (Å²) in [5.41, 5.74) is 6.15. The summed E-state index contributed by atoms with van der Waals surface area (Å²) in [5, 5.41) is 5.29. The van der Waals surface area contributed by atoms with Crippen molar-refractivity contribution in [3.8, 4) is 0 Å². The number of hydrazine groups is 1. The highest BCUT2D eigenvalue weighted by molar-refractivity contribution is 7.08. The van der Waals surface area contributed by atoms with Crippen LogP contribution in [0.25, 0.3) is 10.9 Å². The van der Waals surface area contributed by atoms with E-state index in [1.165, 1.54) is 5.56 Å². The molecule has 0 saturated carbocycles. The molecular weight excluding hydrogens is 242 g/mol. The molecule has 0 fully saturated rings. The quantitative estimate of drug-likeness (QED) is 0.559. The number of fused-ring (bicyclic) bond motifs is 1. The first-order valence-electron chi connectivity index (χ1n) is 5.72. The van der Waals surface area contributed by atoms with Crippen LogP contribution in [0, 0.1) is 0 Å². The Kier molecular flexibility index (Phi) is 3.06. The van der Waals surface area contributed by atoms with Crippen LogP contribution in [-0.4, -0.2) is 4.98 Å². The van der Waals surface area contributed by atoms with E-state index in [0.717, 1.165) is 16.5 Å². The molecule has 3 rings (SSSR count). The van der Waals surface area contributed by atoms with Gasteiger partial charge >= 0.3 is 0 Å². The minimum atomic E-state index is -0.0187. The van der Waals surface area contributed by atoms with Crippen molar-refractivity contribution in [1.82, 2.24) is 10.4 Å². The van der Waals surface area contributed by atoms with E-state index < -0.39 is 0 Å². The highest BCUT2D eigenvalue weighted by Crippen LogP contribution is 2.28. The molecule has 0 amide bonds. The van der Waals surface area contributed by atoms with Crippen molar-refractivity contribution in [2.24, 2.45) is 5.84 Å². The minimum Gasteiger partial charge on any atom is -0.271 e. The molecule has 0 bridgehead atoms. The first-order valence-corrected chi connectivity index (χ1v) is 6.66. The Morgan fingerprint density at radius 2 is 2.06 bits per heavy atom. The SMILES string of the molecule is NNC(c1ccsc1)c1cccc2cccnc12. The normalized spacial score (nSPS) is 12.7. The van der Waals surface area contributed by atoms with Crippen LogP contribution in [-0.2, 0) is 0 Å². The van der Waals surface area contributed by atoms with Gasteiger partial charge in [0.1, 0.15) is 0 Å². The second-order valence-electron chi connectivity index (χ2n) is 4.08. The largest absolute Gasteiger partial charge is 0.271 e. The molecule has 4 heteroatoms. The summed E-state index contributed by atoms with van der Waals surface area (Å²) < 4.78 is 0. The molecule has 1 aromatic carbocycles. The fraction of sp³-hybridized carbons (Fsp3) is 0.0714. The first-order chi connectivity index (χ1) is 8.90. The summed E-state index contributed by atoms with van der Waals surface area (Å²) in [6, 6.07) is 12.2. The minimum absolute atomic E-state index is 0.0187. The standard InChI is InChI=1S/C14H13N3S/c15-17-14(11-6-8-18-9-11)12-5-1-3-10-4-2-7-16-13(10)12/h1-9,14,17H,15H2. The fourth-order valence-corrected chi connectivity index (χ4v) is 2.85. The Bertz CT molecular complexity index is 644. The van der Waals surface area contributed by atoms with Crippen LogP contribution in [0.2, 0.25) is 0 Å². The van der Waals surface area contributed by atoms with Crippen molar-refractivity contribution in [2.45, 2.75) is 6.04 Å². The zero-order valence-corrected chi connectivity index (χ0v) is 10.5. The highest BCUT2D eigenvalue weighted by Gasteiger charge is 2.15. The zero-order valence-electron chi connectivity index (χ0n) is 9.71. The molecule has 2 heterocycles. The van der Waals surface area contributed by atoms with E-state index in [1.807, 2.05) is 18.3 Å². The van der Waals surface area contributed by atoms with E-state index in [-0.39, 0.29) is 6.04 Å². The number of nitrogens with two attached hydrogens (primary N) is 1. The second-order valence-corrected chi connectivity index (χ2v) is 4.86. The van der Waals surface area contributed by atoms with Crippen LogP contribution in [0.15, 0.2) is 53.4 Å². The Hall–Kier alpha value is -1.75. The van der Waals surface area contributed by atoms with Gasteiger partial charge in [-0.25, -0.2) is 5.43 Å². The molecule has 3 nitrogen and oxygen atoms in total. The molecule has 0 aliphatic heterocycles. The fourth-order valence-electron chi connectivity index (χ4n) is 2.17. The van der Waals surface area contributed by atoms with Gasteiger partial charge in [0.25, 0.3) is 0 Å². The number of hydrogen-bond donors (Lipinski definition) is 2. The maximum absolute atomic E-state index is 5.71. The van der Waals surface area contributed by atoms with E-state index >= 15 is 0 Å². The lowest BCUT2D eigenvalue weighted by Crippen LogP contribution is -2.28.